The molecule has 33 heavy (non-hydrogen) atoms. The Morgan fingerprint density at radius 3 is 2.52 bits per heavy atom. The van der Waals surface area contributed by atoms with Gasteiger partial charge in [-0.3, -0.25) is 9.48 Å². The van der Waals surface area contributed by atoms with Crippen LogP contribution in [0.1, 0.15) is 22.5 Å². The minimum Gasteiger partial charge on any atom is -0.477 e. The number of amides is 1. The molecule has 0 saturated carbocycles. The number of hydrogen-bond donors (Lipinski definition) is 1. The molecule has 0 atom stereocenters. The first-order valence-electron chi connectivity index (χ1n) is 9.94. The van der Waals surface area contributed by atoms with Crippen molar-refractivity contribution in [2.24, 2.45) is 7.05 Å². The lowest BCUT2D eigenvalue weighted by molar-refractivity contribution is 0.0981. The summed E-state index contributed by atoms with van der Waals surface area (Å²) in [5.41, 5.74) is 0.188. The number of aromatic nitrogens is 5. The molecule has 0 unspecified atom stereocenters. The third kappa shape index (κ3) is 6.49. The molecule has 3 heterocycles. The highest BCUT2D eigenvalue weighted by Crippen LogP contribution is 2.34. The minimum absolute atomic E-state index is 0.0844. The molecule has 0 aromatic carbocycles. The summed E-state index contributed by atoms with van der Waals surface area (Å²) < 4.78 is 35.6. The first kappa shape index (κ1) is 25.1. The van der Waals surface area contributed by atoms with Crippen LogP contribution in [0.3, 0.4) is 0 Å². The van der Waals surface area contributed by atoms with Gasteiger partial charge in [0.15, 0.2) is 5.82 Å². The Bertz CT molecular complexity index is 1260. The molecule has 0 fully saturated rings. The third-order valence-corrected chi connectivity index (χ3v) is 7.75. The summed E-state index contributed by atoms with van der Waals surface area (Å²) in [5.74, 6) is 1.03. The van der Waals surface area contributed by atoms with Crippen molar-refractivity contribution >= 4 is 37.6 Å². The lowest BCUT2D eigenvalue weighted by Crippen LogP contribution is -2.31. The monoisotopic (exact) mass is 514 g/mol. The molecule has 3 aromatic heterocycles. The second-order valence-electron chi connectivity index (χ2n) is 8.29. The predicted octanol–water partition coefficient (Wildman–Crippen LogP) is 2.54. The third-order valence-electron chi connectivity index (χ3n) is 4.51. The number of rotatable bonds is 9. The van der Waals surface area contributed by atoms with E-state index >= 15 is 0 Å². The topological polar surface area (TPSA) is 121 Å². The molecule has 0 aliphatic carbocycles. The van der Waals surface area contributed by atoms with Gasteiger partial charge < -0.3 is 4.74 Å². The van der Waals surface area contributed by atoms with Gasteiger partial charge in [0.05, 0.1) is 17.9 Å². The van der Waals surface area contributed by atoms with Crippen molar-refractivity contribution in [2.75, 3.05) is 31.1 Å². The van der Waals surface area contributed by atoms with Gasteiger partial charge in [0.2, 0.25) is 5.88 Å². The average molecular weight is 515 g/mol. The van der Waals surface area contributed by atoms with E-state index in [1.807, 2.05) is 4.72 Å². The van der Waals surface area contributed by atoms with Crippen LogP contribution in [-0.2, 0) is 17.1 Å². The summed E-state index contributed by atoms with van der Waals surface area (Å²) in [7, 11) is -3.09. The van der Waals surface area contributed by atoms with E-state index in [1.54, 1.807) is 19.3 Å². The second-order valence-corrected chi connectivity index (χ2v) is 14.9. The van der Waals surface area contributed by atoms with Crippen molar-refractivity contribution in [1.82, 2.24) is 29.3 Å². The fraction of sp³-hybridized carbons (Fsp3) is 0.400. The van der Waals surface area contributed by atoms with E-state index in [9.17, 15) is 13.2 Å². The number of nitrogens with one attached hydrogen (secondary N) is 1. The summed E-state index contributed by atoms with van der Waals surface area (Å²) in [6, 6.07) is 4.62. The fourth-order valence-corrected chi connectivity index (χ4v) is 5.38. The Hall–Kier alpha value is -2.57. The van der Waals surface area contributed by atoms with Gasteiger partial charge in [-0.25, -0.2) is 32.8 Å². The Morgan fingerprint density at radius 1 is 1.18 bits per heavy atom. The number of halogens is 1. The van der Waals surface area contributed by atoms with Gasteiger partial charge in [0.25, 0.3) is 15.9 Å². The van der Waals surface area contributed by atoms with E-state index in [0.717, 1.165) is 12.2 Å². The van der Waals surface area contributed by atoms with Crippen LogP contribution in [-0.4, -0.2) is 70.0 Å². The standard InChI is InChI=1S/C20H27ClN6O4S2/c1-14-16(13-26(2)23-14)33(29,30)25-20(28)15-7-8-17(22-19(15)21)27-10-9-18(24-27)31-11-6-12-32(3,4)5/h7-10,13H,6,11-12H2,1-5H3,(H,25,28). The van der Waals surface area contributed by atoms with Gasteiger partial charge in [-0.15, -0.1) is 5.10 Å². The maximum Gasteiger partial charge on any atom is 0.268 e. The smallest absolute Gasteiger partial charge is 0.268 e. The predicted molar refractivity (Wildman–Crippen MR) is 129 cm³/mol. The maximum atomic E-state index is 12.6. The summed E-state index contributed by atoms with van der Waals surface area (Å²) >= 11 is 6.18. The first-order valence-corrected chi connectivity index (χ1v) is 14.8. The maximum absolute atomic E-state index is 12.6. The van der Waals surface area contributed by atoms with Crippen molar-refractivity contribution in [3.05, 3.63) is 47.0 Å². The van der Waals surface area contributed by atoms with Gasteiger partial charge in [-0.1, -0.05) is 11.6 Å². The zero-order valence-corrected chi connectivity index (χ0v) is 21.5. The zero-order chi connectivity index (χ0) is 24.4. The molecule has 0 spiro atoms. The van der Waals surface area contributed by atoms with Crippen molar-refractivity contribution < 1.29 is 17.9 Å². The Balaban J connectivity index is 1.68. The lowest BCUT2D eigenvalue weighted by atomic mass is 10.3. The molecule has 3 rings (SSSR count). The van der Waals surface area contributed by atoms with Crippen LogP contribution in [0.25, 0.3) is 5.82 Å². The molecule has 10 nitrogen and oxygen atoms in total. The van der Waals surface area contributed by atoms with Crippen LogP contribution in [0, 0.1) is 6.92 Å². The average Bonchev–Trinajstić information content (AvgIpc) is 3.30. The van der Waals surface area contributed by atoms with E-state index in [4.69, 9.17) is 16.3 Å². The molecule has 0 saturated heterocycles. The van der Waals surface area contributed by atoms with Crippen LogP contribution in [0.2, 0.25) is 5.15 Å². The Kier molecular flexibility index (Phi) is 7.39. The van der Waals surface area contributed by atoms with E-state index in [0.29, 0.717) is 18.3 Å². The van der Waals surface area contributed by atoms with Crippen LogP contribution in [0.5, 0.6) is 5.88 Å². The van der Waals surface area contributed by atoms with Crippen molar-refractivity contribution in [2.45, 2.75) is 18.2 Å². The van der Waals surface area contributed by atoms with Gasteiger partial charge >= 0.3 is 0 Å². The van der Waals surface area contributed by atoms with Crippen LogP contribution in [0.4, 0.5) is 0 Å². The van der Waals surface area contributed by atoms with Gasteiger partial charge in [0, 0.05) is 25.5 Å². The minimum atomic E-state index is -4.12. The van der Waals surface area contributed by atoms with E-state index in [2.05, 4.69) is 33.9 Å². The van der Waals surface area contributed by atoms with Crippen LogP contribution in [0.15, 0.2) is 35.5 Å². The molecule has 1 amide bonds. The number of hydrogen-bond acceptors (Lipinski definition) is 7. The Labute approximate surface area is 199 Å². The second kappa shape index (κ2) is 9.74. The molecule has 0 bridgehead atoms. The largest absolute Gasteiger partial charge is 0.477 e. The number of carbonyl (C=O) groups excluding carboxylic acids is 1. The molecular formula is C20H27ClN6O4S2. The van der Waals surface area contributed by atoms with E-state index < -0.39 is 26.0 Å². The quantitative estimate of drug-likeness (QED) is 0.344. The highest BCUT2D eigenvalue weighted by Gasteiger charge is 2.24. The van der Waals surface area contributed by atoms with Crippen LogP contribution >= 0.6 is 21.6 Å². The summed E-state index contributed by atoms with van der Waals surface area (Å²) in [5, 5.41) is 8.14. The Morgan fingerprint density at radius 2 is 1.91 bits per heavy atom. The van der Waals surface area contributed by atoms with E-state index in [1.165, 1.54) is 34.6 Å². The molecule has 0 aliphatic heterocycles. The molecule has 0 aliphatic rings. The molecule has 0 radical (unpaired) electrons. The number of aryl methyl sites for hydroxylation is 2. The normalized spacial score (nSPS) is 12.5. The number of sulfonamides is 1. The van der Waals surface area contributed by atoms with Gasteiger partial charge in [-0.05, 0) is 50.0 Å². The lowest BCUT2D eigenvalue weighted by Gasteiger charge is -2.24. The fourth-order valence-electron chi connectivity index (χ4n) is 2.98. The molecular weight excluding hydrogens is 488 g/mol. The van der Waals surface area contributed by atoms with Crippen molar-refractivity contribution in [3.8, 4) is 11.7 Å². The molecule has 13 heteroatoms. The number of carbonyl (C=O) groups is 1. The molecule has 1 N–H and O–H groups in total. The van der Waals surface area contributed by atoms with E-state index in [-0.39, 0.29) is 21.3 Å². The molecule has 3 aromatic rings. The summed E-state index contributed by atoms with van der Waals surface area (Å²) in [4.78, 5) is 16.6. The van der Waals surface area contributed by atoms with Crippen molar-refractivity contribution in [1.29, 1.82) is 0 Å². The first-order chi connectivity index (χ1) is 15.4. The summed E-state index contributed by atoms with van der Waals surface area (Å²) in [6.07, 6.45) is 10.7. The highest BCUT2D eigenvalue weighted by atomic mass is 35.5. The van der Waals surface area contributed by atoms with Gasteiger partial charge in [-0.2, -0.15) is 5.10 Å². The van der Waals surface area contributed by atoms with Crippen molar-refractivity contribution in [3.63, 3.8) is 0 Å². The van der Waals surface area contributed by atoms with Crippen LogP contribution < -0.4 is 9.46 Å². The highest BCUT2D eigenvalue weighted by molar-refractivity contribution is 8.32. The SMILES string of the molecule is Cc1nn(C)cc1S(=O)(=O)NC(=O)c1ccc(-n2ccc(OCCCS(C)(C)C)n2)nc1Cl. The number of ether oxygens (including phenoxy) is 1. The zero-order valence-electron chi connectivity index (χ0n) is 19.1. The van der Waals surface area contributed by atoms with Gasteiger partial charge in [0.1, 0.15) is 10.0 Å². The number of nitrogens with zero attached hydrogens (tertiary/aromatic N) is 5. The molecule has 180 valence electrons. The summed E-state index contributed by atoms with van der Waals surface area (Å²) in [6.45, 7) is 2.11. The number of pyridine rings is 1.